The molecule has 0 spiro atoms. The normalized spacial score (nSPS) is 14.6. The number of nitrogens with one attached hydrogen (secondary N) is 1. The molecule has 2 aromatic heterocycles. The van der Waals surface area contributed by atoms with Crippen LogP contribution in [0.1, 0.15) is 42.5 Å². The second-order valence-corrected chi connectivity index (χ2v) is 9.41. The van der Waals surface area contributed by atoms with E-state index in [4.69, 9.17) is 8.94 Å². The molecule has 0 atom stereocenters. The van der Waals surface area contributed by atoms with Gasteiger partial charge in [0, 0.05) is 17.7 Å². The first-order chi connectivity index (χ1) is 14.9. The molecule has 1 saturated carbocycles. The highest BCUT2D eigenvalue weighted by Gasteiger charge is 2.26. The minimum absolute atomic E-state index is 0.00620. The van der Waals surface area contributed by atoms with Gasteiger partial charge in [-0.25, -0.2) is 13.2 Å². The van der Waals surface area contributed by atoms with Crippen LogP contribution >= 0.6 is 0 Å². The Balaban J connectivity index is 1.42. The summed E-state index contributed by atoms with van der Waals surface area (Å²) in [5.74, 6) is 0.654. The molecule has 1 N–H and O–H groups in total. The number of aromatic nitrogens is 3. The highest BCUT2D eigenvalue weighted by Crippen LogP contribution is 2.35. The van der Waals surface area contributed by atoms with E-state index in [1.54, 1.807) is 12.1 Å². The van der Waals surface area contributed by atoms with E-state index in [1.165, 1.54) is 22.8 Å². The number of aryl methyl sites for hydroxylation is 1. The van der Waals surface area contributed by atoms with Crippen molar-refractivity contribution in [2.45, 2.75) is 43.5 Å². The molecule has 1 fully saturated rings. The van der Waals surface area contributed by atoms with Gasteiger partial charge in [-0.1, -0.05) is 29.3 Å². The fourth-order valence-corrected chi connectivity index (χ4v) is 4.57. The minimum atomic E-state index is -3.84. The second-order valence-electron chi connectivity index (χ2n) is 7.73. The van der Waals surface area contributed by atoms with Crippen molar-refractivity contribution in [1.82, 2.24) is 14.7 Å². The first-order valence-corrected chi connectivity index (χ1v) is 11.4. The third-order valence-electron chi connectivity index (χ3n) is 5.49. The van der Waals surface area contributed by atoms with Gasteiger partial charge < -0.3 is 8.94 Å². The Labute approximate surface area is 177 Å². The van der Waals surface area contributed by atoms with Gasteiger partial charge in [-0.3, -0.25) is 9.29 Å². The number of hydrogen-bond donors (Lipinski definition) is 1. The fourth-order valence-electron chi connectivity index (χ4n) is 3.49. The average molecular weight is 440 g/mol. The highest BCUT2D eigenvalue weighted by molar-refractivity contribution is 7.92. The van der Waals surface area contributed by atoms with E-state index in [2.05, 4.69) is 14.9 Å². The van der Waals surface area contributed by atoms with Crippen molar-refractivity contribution in [3.05, 3.63) is 70.3 Å². The molecule has 31 heavy (non-hydrogen) atoms. The van der Waals surface area contributed by atoms with Gasteiger partial charge in [-0.15, -0.1) is 0 Å². The Bertz CT molecular complexity index is 1410. The van der Waals surface area contributed by atoms with E-state index in [9.17, 15) is 13.2 Å². The zero-order valence-corrected chi connectivity index (χ0v) is 17.6. The lowest BCUT2D eigenvalue weighted by atomic mass is 9.85. The molecule has 1 aliphatic carbocycles. The van der Waals surface area contributed by atoms with Crippen LogP contribution in [0, 0.1) is 6.92 Å². The third-order valence-corrected chi connectivity index (χ3v) is 6.87. The van der Waals surface area contributed by atoms with Crippen LogP contribution in [0.2, 0.25) is 0 Å². The molecule has 9 nitrogen and oxygen atoms in total. The summed E-state index contributed by atoms with van der Waals surface area (Å²) in [5.41, 5.74) is 2.09. The van der Waals surface area contributed by atoms with Gasteiger partial charge in [0.2, 0.25) is 5.89 Å². The van der Waals surface area contributed by atoms with Crippen molar-refractivity contribution in [3.8, 4) is 0 Å². The van der Waals surface area contributed by atoms with Gasteiger partial charge in [0.15, 0.2) is 11.4 Å². The Kier molecular flexibility index (Phi) is 4.66. The quantitative estimate of drug-likeness (QED) is 0.488. The van der Waals surface area contributed by atoms with Crippen molar-refractivity contribution < 1.29 is 17.4 Å². The molecule has 0 unspecified atom stereocenters. The van der Waals surface area contributed by atoms with E-state index in [0.717, 1.165) is 24.8 Å². The third kappa shape index (κ3) is 3.74. The molecule has 1 aliphatic rings. The summed E-state index contributed by atoms with van der Waals surface area (Å²) < 4.78 is 40.0. The lowest BCUT2D eigenvalue weighted by Crippen LogP contribution is -2.16. The molecule has 0 saturated heterocycles. The molecule has 5 rings (SSSR count). The lowest BCUT2D eigenvalue weighted by Gasteiger charge is -2.20. The molecule has 0 aliphatic heterocycles. The van der Waals surface area contributed by atoms with E-state index >= 15 is 0 Å². The molecule has 160 valence electrons. The summed E-state index contributed by atoms with van der Waals surface area (Å²) in [5, 5.41) is 3.96. The van der Waals surface area contributed by atoms with E-state index in [-0.39, 0.29) is 17.0 Å². The molecule has 10 heteroatoms. The van der Waals surface area contributed by atoms with Crippen LogP contribution in [0.5, 0.6) is 0 Å². The van der Waals surface area contributed by atoms with Crippen molar-refractivity contribution in [2.24, 2.45) is 0 Å². The van der Waals surface area contributed by atoms with Crippen LogP contribution in [0.3, 0.4) is 0 Å². The van der Waals surface area contributed by atoms with Crippen LogP contribution in [0.25, 0.3) is 11.1 Å². The highest BCUT2D eigenvalue weighted by atomic mass is 32.2. The number of rotatable bonds is 6. The first kappa shape index (κ1) is 19.6. The second kappa shape index (κ2) is 7.38. The number of oxazole rings is 1. The smallest absolute Gasteiger partial charge is 0.408 e. The molecule has 4 aromatic rings. The largest absolute Gasteiger partial charge is 0.420 e. The van der Waals surface area contributed by atoms with E-state index in [1.807, 2.05) is 19.1 Å². The number of benzene rings is 2. The molecule has 2 heterocycles. The van der Waals surface area contributed by atoms with Gasteiger partial charge in [0.05, 0.1) is 17.0 Å². The van der Waals surface area contributed by atoms with Gasteiger partial charge in [0.1, 0.15) is 0 Å². The van der Waals surface area contributed by atoms with Crippen LogP contribution < -0.4 is 10.5 Å². The van der Waals surface area contributed by atoms with Crippen molar-refractivity contribution >= 4 is 26.8 Å². The summed E-state index contributed by atoms with van der Waals surface area (Å²) >= 11 is 0. The molecule has 0 bridgehead atoms. The van der Waals surface area contributed by atoms with E-state index < -0.39 is 15.8 Å². The standard InChI is InChI=1S/C21H20N4O5S/c1-13-5-7-15(8-6-13)24-31(27,28)16-9-10-17-18(11-16)29-21(26)25(17)12-19-22-20(30-23-19)14-3-2-4-14/h5-11,14,24H,2-4,12H2,1H3. The lowest BCUT2D eigenvalue weighted by molar-refractivity contribution is 0.291. The van der Waals surface area contributed by atoms with Gasteiger partial charge in [-0.2, -0.15) is 4.98 Å². The van der Waals surface area contributed by atoms with Crippen LogP contribution in [0.15, 0.2) is 61.1 Å². The Morgan fingerprint density at radius 3 is 2.65 bits per heavy atom. The number of anilines is 1. The Morgan fingerprint density at radius 2 is 1.94 bits per heavy atom. The predicted molar refractivity (Wildman–Crippen MR) is 112 cm³/mol. The van der Waals surface area contributed by atoms with Gasteiger partial charge >= 0.3 is 5.76 Å². The zero-order chi connectivity index (χ0) is 21.6. The van der Waals surface area contributed by atoms with Crippen molar-refractivity contribution in [2.75, 3.05) is 4.72 Å². The fraction of sp³-hybridized carbons (Fsp3) is 0.286. The zero-order valence-electron chi connectivity index (χ0n) is 16.7. The minimum Gasteiger partial charge on any atom is -0.408 e. The van der Waals surface area contributed by atoms with Gasteiger partial charge in [-0.05, 0) is 44.0 Å². The van der Waals surface area contributed by atoms with E-state index in [0.29, 0.717) is 28.8 Å². The summed E-state index contributed by atoms with van der Waals surface area (Å²) in [6.45, 7) is 2.00. The SMILES string of the molecule is Cc1ccc(NS(=O)(=O)c2ccc3c(c2)oc(=O)n3Cc2noc(C3CCC3)n2)cc1. The topological polar surface area (TPSA) is 120 Å². The van der Waals surface area contributed by atoms with Gasteiger partial charge in [0.25, 0.3) is 10.0 Å². The number of nitrogens with zero attached hydrogens (tertiary/aromatic N) is 3. The summed E-state index contributed by atoms with van der Waals surface area (Å²) in [7, 11) is -3.84. The average Bonchev–Trinajstić information content (AvgIpc) is 3.26. The molecule has 2 aromatic carbocycles. The maximum Gasteiger partial charge on any atom is 0.420 e. The van der Waals surface area contributed by atoms with Crippen LogP contribution in [-0.2, 0) is 16.6 Å². The number of sulfonamides is 1. The molecule has 0 amide bonds. The summed E-state index contributed by atoms with van der Waals surface area (Å²) in [4.78, 5) is 16.8. The van der Waals surface area contributed by atoms with Crippen molar-refractivity contribution in [3.63, 3.8) is 0 Å². The Hall–Kier alpha value is -3.40. The summed E-state index contributed by atoms with van der Waals surface area (Å²) in [6, 6.07) is 11.3. The molecular weight excluding hydrogens is 420 g/mol. The number of hydrogen-bond acceptors (Lipinski definition) is 7. The first-order valence-electron chi connectivity index (χ1n) is 9.94. The Morgan fingerprint density at radius 1 is 1.16 bits per heavy atom. The maximum absolute atomic E-state index is 12.7. The monoisotopic (exact) mass is 440 g/mol. The molecule has 0 radical (unpaired) electrons. The van der Waals surface area contributed by atoms with Crippen LogP contribution in [0.4, 0.5) is 5.69 Å². The number of fused-ring (bicyclic) bond motifs is 1. The van der Waals surface area contributed by atoms with Crippen molar-refractivity contribution in [1.29, 1.82) is 0 Å². The molecular formula is C21H20N4O5S. The van der Waals surface area contributed by atoms with Crippen LogP contribution in [-0.4, -0.2) is 23.1 Å². The maximum atomic E-state index is 12.7. The predicted octanol–water partition coefficient (Wildman–Crippen LogP) is 3.40. The summed E-state index contributed by atoms with van der Waals surface area (Å²) in [6.07, 6.45) is 3.21.